The fourth-order valence-electron chi connectivity index (χ4n) is 2.30. The van der Waals surface area contributed by atoms with Crippen molar-refractivity contribution in [3.05, 3.63) is 33.8 Å². The van der Waals surface area contributed by atoms with Gasteiger partial charge in [-0.3, -0.25) is 0 Å². The monoisotopic (exact) mass is 326 g/mol. The standard InChI is InChI=1S/C17H23ClO4/c1-6-10-8-11(15(19)20)12(9-13(10)18)16(21)22-14(7-2)17(3,4)5/h8-9,14H,6-7H2,1-5H3,(H,19,20). The van der Waals surface area contributed by atoms with E-state index in [-0.39, 0.29) is 22.6 Å². The predicted molar refractivity (Wildman–Crippen MR) is 86.7 cm³/mol. The largest absolute Gasteiger partial charge is 0.478 e. The van der Waals surface area contributed by atoms with E-state index in [1.54, 1.807) is 0 Å². The first-order chi connectivity index (χ1) is 10.1. The molecule has 0 aromatic heterocycles. The van der Waals surface area contributed by atoms with Gasteiger partial charge in [0.25, 0.3) is 0 Å². The molecule has 1 N–H and O–H groups in total. The Balaban J connectivity index is 3.22. The third-order valence-corrected chi connectivity index (χ3v) is 3.96. The third-order valence-electron chi connectivity index (χ3n) is 3.60. The molecular weight excluding hydrogens is 304 g/mol. The fraction of sp³-hybridized carbons (Fsp3) is 0.529. The molecule has 0 aliphatic heterocycles. The van der Waals surface area contributed by atoms with Crippen molar-refractivity contribution in [1.29, 1.82) is 0 Å². The van der Waals surface area contributed by atoms with Gasteiger partial charge in [0, 0.05) is 5.02 Å². The van der Waals surface area contributed by atoms with Gasteiger partial charge in [0.05, 0.1) is 11.1 Å². The van der Waals surface area contributed by atoms with Gasteiger partial charge >= 0.3 is 11.9 Å². The third kappa shape index (κ3) is 4.23. The van der Waals surface area contributed by atoms with E-state index in [0.717, 1.165) is 0 Å². The van der Waals surface area contributed by atoms with E-state index in [1.165, 1.54) is 12.1 Å². The topological polar surface area (TPSA) is 63.6 Å². The molecule has 0 radical (unpaired) electrons. The Morgan fingerprint density at radius 1 is 1.23 bits per heavy atom. The van der Waals surface area contributed by atoms with Crippen molar-refractivity contribution < 1.29 is 19.4 Å². The minimum absolute atomic E-state index is 0.00241. The zero-order chi connectivity index (χ0) is 17.1. The average Bonchev–Trinajstić information content (AvgIpc) is 2.42. The summed E-state index contributed by atoms with van der Waals surface area (Å²) < 4.78 is 5.51. The summed E-state index contributed by atoms with van der Waals surface area (Å²) in [5.74, 6) is -1.81. The summed E-state index contributed by atoms with van der Waals surface area (Å²) >= 11 is 6.11. The zero-order valence-electron chi connectivity index (χ0n) is 13.7. The Kier molecular flexibility index (Phi) is 6.00. The molecule has 5 heteroatoms. The second kappa shape index (κ2) is 7.14. The van der Waals surface area contributed by atoms with Crippen molar-refractivity contribution in [3.63, 3.8) is 0 Å². The number of benzene rings is 1. The Hall–Kier alpha value is -1.55. The lowest BCUT2D eigenvalue weighted by molar-refractivity contribution is -0.00428. The van der Waals surface area contributed by atoms with E-state index in [9.17, 15) is 14.7 Å². The van der Waals surface area contributed by atoms with Crippen molar-refractivity contribution in [2.24, 2.45) is 5.41 Å². The van der Waals surface area contributed by atoms with Crippen LogP contribution < -0.4 is 0 Å². The molecule has 0 heterocycles. The van der Waals surface area contributed by atoms with Crippen molar-refractivity contribution >= 4 is 23.5 Å². The van der Waals surface area contributed by atoms with Gasteiger partial charge in [0.2, 0.25) is 0 Å². The smallest absolute Gasteiger partial charge is 0.339 e. The molecule has 0 saturated heterocycles. The number of carboxylic acid groups (broad SMARTS) is 1. The van der Waals surface area contributed by atoms with E-state index in [1.807, 2.05) is 34.6 Å². The highest BCUT2D eigenvalue weighted by atomic mass is 35.5. The summed E-state index contributed by atoms with van der Waals surface area (Å²) in [6, 6.07) is 2.83. The van der Waals surface area contributed by atoms with E-state index in [0.29, 0.717) is 23.4 Å². The Bertz CT molecular complexity index is 573. The van der Waals surface area contributed by atoms with E-state index in [4.69, 9.17) is 16.3 Å². The first kappa shape index (κ1) is 18.5. The molecule has 1 unspecified atom stereocenters. The number of aromatic carboxylic acids is 1. The van der Waals surface area contributed by atoms with E-state index < -0.39 is 11.9 Å². The van der Waals surface area contributed by atoms with Crippen LogP contribution in [0.3, 0.4) is 0 Å². The molecule has 0 bridgehead atoms. The van der Waals surface area contributed by atoms with Crippen LogP contribution in [0, 0.1) is 5.41 Å². The van der Waals surface area contributed by atoms with E-state index >= 15 is 0 Å². The molecule has 1 aromatic carbocycles. The number of carbonyl (C=O) groups excluding carboxylic acids is 1. The maximum absolute atomic E-state index is 12.4. The van der Waals surface area contributed by atoms with Crippen LogP contribution in [0.4, 0.5) is 0 Å². The summed E-state index contributed by atoms with van der Waals surface area (Å²) in [5, 5.41) is 9.70. The van der Waals surface area contributed by atoms with Crippen LogP contribution in [-0.4, -0.2) is 23.1 Å². The maximum Gasteiger partial charge on any atom is 0.339 e. The number of rotatable bonds is 5. The van der Waals surface area contributed by atoms with Crippen LogP contribution in [0.5, 0.6) is 0 Å². The lowest BCUT2D eigenvalue weighted by atomic mass is 9.87. The Morgan fingerprint density at radius 3 is 2.23 bits per heavy atom. The van der Waals surface area contributed by atoms with Gasteiger partial charge < -0.3 is 9.84 Å². The van der Waals surface area contributed by atoms with Crippen LogP contribution in [0.25, 0.3) is 0 Å². The van der Waals surface area contributed by atoms with Crippen LogP contribution in [-0.2, 0) is 11.2 Å². The first-order valence-electron chi connectivity index (χ1n) is 7.38. The molecule has 0 fully saturated rings. The molecule has 0 amide bonds. The lowest BCUT2D eigenvalue weighted by Crippen LogP contribution is -2.31. The molecular formula is C17H23ClO4. The molecule has 0 spiro atoms. The molecule has 122 valence electrons. The highest BCUT2D eigenvalue weighted by Gasteiger charge is 2.29. The van der Waals surface area contributed by atoms with Gasteiger partial charge in [-0.15, -0.1) is 0 Å². The fourth-order valence-corrected chi connectivity index (χ4v) is 2.60. The molecule has 22 heavy (non-hydrogen) atoms. The number of hydrogen-bond donors (Lipinski definition) is 1. The van der Waals surface area contributed by atoms with Crippen molar-refractivity contribution in [2.75, 3.05) is 0 Å². The molecule has 0 aliphatic rings. The predicted octanol–water partition coefficient (Wildman–Crippen LogP) is 4.58. The minimum atomic E-state index is -1.16. The van der Waals surface area contributed by atoms with Crippen LogP contribution in [0.2, 0.25) is 5.02 Å². The Morgan fingerprint density at radius 2 is 1.82 bits per heavy atom. The SMILES string of the molecule is CCc1cc(C(=O)O)c(C(=O)OC(CC)C(C)(C)C)cc1Cl. The second-order valence-electron chi connectivity index (χ2n) is 6.32. The minimum Gasteiger partial charge on any atom is -0.478 e. The van der Waals surface area contributed by atoms with Crippen molar-refractivity contribution in [1.82, 2.24) is 0 Å². The second-order valence-corrected chi connectivity index (χ2v) is 6.72. The van der Waals surface area contributed by atoms with Crippen LogP contribution in [0.15, 0.2) is 12.1 Å². The highest BCUT2D eigenvalue weighted by molar-refractivity contribution is 6.32. The zero-order valence-corrected chi connectivity index (χ0v) is 14.5. The van der Waals surface area contributed by atoms with Gasteiger partial charge in [-0.25, -0.2) is 9.59 Å². The van der Waals surface area contributed by atoms with Crippen LogP contribution >= 0.6 is 11.6 Å². The molecule has 0 aliphatic carbocycles. The quantitative estimate of drug-likeness (QED) is 0.804. The molecule has 1 aromatic rings. The summed E-state index contributed by atoms with van der Waals surface area (Å²) in [4.78, 5) is 23.8. The van der Waals surface area contributed by atoms with Gasteiger partial charge in [-0.1, -0.05) is 46.2 Å². The molecule has 0 saturated carbocycles. The number of esters is 1. The normalized spacial score (nSPS) is 12.8. The van der Waals surface area contributed by atoms with Crippen molar-refractivity contribution in [2.45, 2.75) is 53.6 Å². The van der Waals surface area contributed by atoms with Gasteiger partial charge in [-0.05, 0) is 36.0 Å². The number of carbonyl (C=O) groups is 2. The summed E-state index contributed by atoms with van der Waals surface area (Å²) in [7, 11) is 0. The number of hydrogen-bond acceptors (Lipinski definition) is 3. The molecule has 1 atom stereocenters. The maximum atomic E-state index is 12.4. The van der Waals surface area contributed by atoms with Gasteiger partial charge in [0.1, 0.15) is 6.10 Å². The van der Waals surface area contributed by atoms with Gasteiger partial charge in [0.15, 0.2) is 0 Å². The highest BCUT2D eigenvalue weighted by Crippen LogP contribution is 2.28. The van der Waals surface area contributed by atoms with Gasteiger partial charge in [-0.2, -0.15) is 0 Å². The molecule has 1 rings (SSSR count). The number of aryl methyl sites for hydroxylation is 1. The number of carboxylic acids is 1. The number of halogens is 1. The van der Waals surface area contributed by atoms with E-state index in [2.05, 4.69) is 0 Å². The van der Waals surface area contributed by atoms with Crippen LogP contribution in [0.1, 0.15) is 67.3 Å². The average molecular weight is 327 g/mol. The summed E-state index contributed by atoms with van der Waals surface area (Å²) in [6.07, 6.45) is 0.943. The summed E-state index contributed by atoms with van der Waals surface area (Å²) in [6.45, 7) is 9.71. The number of ether oxygens (including phenoxy) is 1. The van der Waals surface area contributed by atoms with Crippen molar-refractivity contribution in [3.8, 4) is 0 Å². The summed E-state index contributed by atoms with van der Waals surface area (Å²) in [5.41, 5.74) is 0.395. The molecule has 4 nitrogen and oxygen atoms in total. The Labute approximate surface area is 136 Å². The first-order valence-corrected chi connectivity index (χ1v) is 7.76. The lowest BCUT2D eigenvalue weighted by Gasteiger charge is -2.29.